The van der Waals surface area contributed by atoms with E-state index in [1.807, 2.05) is 9.24 Å². The van der Waals surface area contributed by atoms with Crippen LogP contribution in [0.15, 0.2) is 18.2 Å². The molecule has 1 aromatic carbocycles. The van der Waals surface area contributed by atoms with Crippen LogP contribution in [0.5, 0.6) is 11.5 Å². The first-order chi connectivity index (χ1) is 5.11. The monoisotopic (exact) mass is 275 g/mol. The molecule has 0 heterocycles. The molecule has 0 saturated carbocycles. The van der Waals surface area contributed by atoms with Gasteiger partial charge >= 0.3 is 0 Å². The second kappa shape index (κ2) is 8.13. The molecule has 2 N–H and O–H groups in total. The first kappa shape index (κ1) is 19.4. The maximum Gasteiger partial charge on any atom is 0.178 e. The molecule has 0 amide bonds. The Morgan fingerprint density at radius 1 is 1.07 bits per heavy atom. The van der Waals surface area contributed by atoms with Crippen LogP contribution in [0.4, 0.5) is 0 Å². The van der Waals surface area contributed by atoms with Crippen molar-refractivity contribution < 1.29 is 52.2 Å². The van der Waals surface area contributed by atoms with Crippen molar-refractivity contribution in [3.63, 3.8) is 0 Å². The van der Waals surface area contributed by atoms with Crippen LogP contribution < -0.4 is 37.2 Å². The van der Waals surface area contributed by atoms with E-state index in [-0.39, 0.29) is 54.2 Å². The van der Waals surface area contributed by atoms with Gasteiger partial charge < -0.3 is 47.4 Å². The van der Waals surface area contributed by atoms with Gasteiger partial charge in [0.2, 0.25) is 0 Å². The van der Waals surface area contributed by atoms with Crippen molar-refractivity contribution in [1.29, 1.82) is 0 Å². The van der Waals surface area contributed by atoms with Crippen LogP contribution in [0.25, 0.3) is 0 Å². The zero-order chi connectivity index (χ0) is 8.43. The minimum absolute atomic E-state index is 0. The molecule has 0 saturated heterocycles. The Kier molecular flexibility index (Phi) is 11.2. The molecule has 0 aliphatic rings. The van der Waals surface area contributed by atoms with E-state index in [0.717, 1.165) is 0 Å². The number of carbonyl (C=O) groups excluding carboxylic acids is 1. The second-order valence-corrected chi connectivity index (χ2v) is 2.59. The van der Waals surface area contributed by atoms with E-state index in [1.165, 1.54) is 18.2 Å². The van der Waals surface area contributed by atoms with Crippen LogP contribution in [0, 0.1) is 0 Å². The molecule has 1 aromatic rings. The predicted molar refractivity (Wildman–Crippen MR) is 43.8 cm³/mol. The van der Waals surface area contributed by atoms with E-state index in [9.17, 15) is 4.79 Å². The number of halogens is 3. The SMILES string of the molecule is O=C(P)c1ccc(O)c(O)c1.[Cl-].[Cl-].[Cl-]. The molecular weight excluding hydrogens is 269 g/mol. The minimum Gasteiger partial charge on any atom is -1.00 e. The van der Waals surface area contributed by atoms with E-state index < -0.39 is 0 Å². The lowest BCUT2D eigenvalue weighted by molar-refractivity contribution is -0.00100. The van der Waals surface area contributed by atoms with Crippen LogP contribution in [-0.4, -0.2) is 15.7 Å². The summed E-state index contributed by atoms with van der Waals surface area (Å²) in [5, 5.41) is 17.8. The molecule has 14 heavy (non-hydrogen) atoms. The summed E-state index contributed by atoms with van der Waals surface area (Å²) in [5.41, 5.74) is 0.130. The Morgan fingerprint density at radius 3 is 1.93 bits per heavy atom. The predicted octanol–water partition coefficient (Wildman–Crippen LogP) is -7.87. The summed E-state index contributed by atoms with van der Waals surface area (Å²) < 4.78 is 0. The van der Waals surface area contributed by atoms with Crippen LogP contribution in [0.3, 0.4) is 0 Å². The van der Waals surface area contributed by atoms with Crippen molar-refractivity contribution in [2.24, 2.45) is 0 Å². The molecule has 3 nitrogen and oxygen atoms in total. The lowest BCUT2D eigenvalue weighted by Crippen LogP contribution is -3.00. The van der Waals surface area contributed by atoms with Gasteiger partial charge in [-0.2, -0.15) is 0 Å². The Morgan fingerprint density at radius 2 is 1.57 bits per heavy atom. The van der Waals surface area contributed by atoms with Gasteiger partial charge in [0, 0.05) is 5.56 Å². The normalized spacial score (nSPS) is 7.50. The third kappa shape index (κ3) is 4.87. The molecule has 0 aliphatic heterocycles. The molecule has 1 unspecified atom stereocenters. The number of hydrogen-bond acceptors (Lipinski definition) is 3. The van der Waals surface area contributed by atoms with Crippen molar-refractivity contribution in [1.82, 2.24) is 0 Å². The van der Waals surface area contributed by atoms with Gasteiger partial charge in [0.05, 0.1) is 0 Å². The summed E-state index contributed by atoms with van der Waals surface area (Å²) in [7, 11) is 1.98. The highest BCUT2D eigenvalue weighted by Crippen LogP contribution is 2.25. The van der Waals surface area contributed by atoms with E-state index in [0.29, 0.717) is 5.56 Å². The minimum atomic E-state index is -0.279. The van der Waals surface area contributed by atoms with Crippen molar-refractivity contribution in [2.75, 3.05) is 0 Å². The van der Waals surface area contributed by atoms with Gasteiger partial charge in [0.15, 0.2) is 17.0 Å². The number of phenolic OH excluding ortho intramolecular Hbond substituents is 2. The Bertz CT molecular complexity index is 306. The quantitative estimate of drug-likeness (QED) is 0.396. The number of aromatic hydroxyl groups is 2. The third-order valence-corrected chi connectivity index (χ3v) is 1.59. The zero-order valence-electron chi connectivity index (χ0n) is 6.75. The summed E-state index contributed by atoms with van der Waals surface area (Å²) in [6.07, 6.45) is 0. The summed E-state index contributed by atoms with van der Waals surface area (Å²) in [6.45, 7) is 0. The van der Waals surface area contributed by atoms with E-state index >= 15 is 0 Å². The summed E-state index contributed by atoms with van der Waals surface area (Å²) >= 11 is 0. The Balaban J connectivity index is -0.000000403. The highest BCUT2D eigenvalue weighted by molar-refractivity contribution is 7.41. The summed E-state index contributed by atoms with van der Waals surface area (Å²) in [4.78, 5) is 10.7. The van der Waals surface area contributed by atoms with Gasteiger partial charge in [0.25, 0.3) is 0 Å². The summed E-state index contributed by atoms with van der Waals surface area (Å²) in [5.74, 6) is -0.502. The maximum atomic E-state index is 10.7. The van der Waals surface area contributed by atoms with Crippen molar-refractivity contribution in [2.45, 2.75) is 0 Å². The summed E-state index contributed by atoms with van der Waals surface area (Å²) in [6, 6.07) is 3.92. The molecular formula is C7H7Cl3O3P-3. The fraction of sp³-hybridized carbons (Fsp3) is 0. The molecule has 0 aliphatic carbocycles. The van der Waals surface area contributed by atoms with Gasteiger partial charge in [-0.15, -0.1) is 0 Å². The van der Waals surface area contributed by atoms with Crippen molar-refractivity contribution >= 4 is 14.8 Å². The highest BCUT2D eigenvalue weighted by Gasteiger charge is 2.03. The molecule has 0 bridgehead atoms. The first-order valence-corrected chi connectivity index (χ1v) is 3.51. The number of hydrogen-bond donors (Lipinski definition) is 2. The largest absolute Gasteiger partial charge is 1.00 e. The Hall–Kier alpha value is -0.210. The smallest absolute Gasteiger partial charge is 0.178 e. The van der Waals surface area contributed by atoms with Crippen LogP contribution in [0.1, 0.15) is 10.4 Å². The molecule has 82 valence electrons. The molecule has 0 aromatic heterocycles. The maximum absolute atomic E-state index is 10.7. The van der Waals surface area contributed by atoms with E-state index in [4.69, 9.17) is 10.2 Å². The average molecular weight is 276 g/mol. The zero-order valence-corrected chi connectivity index (χ0v) is 10.2. The topological polar surface area (TPSA) is 57.5 Å². The van der Waals surface area contributed by atoms with Crippen molar-refractivity contribution in [3.05, 3.63) is 23.8 Å². The lowest BCUT2D eigenvalue weighted by atomic mass is 10.2. The van der Waals surface area contributed by atoms with E-state index in [2.05, 4.69) is 0 Å². The molecule has 1 atom stereocenters. The first-order valence-electron chi connectivity index (χ1n) is 2.93. The van der Waals surface area contributed by atoms with Crippen molar-refractivity contribution in [3.8, 4) is 11.5 Å². The highest BCUT2D eigenvalue weighted by atomic mass is 35.5. The van der Waals surface area contributed by atoms with Gasteiger partial charge in [-0.3, -0.25) is 4.79 Å². The molecule has 7 heteroatoms. The van der Waals surface area contributed by atoms with Crippen LogP contribution >= 0.6 is 9.24 Å². The van der Waals surface area contributed by atoms with Gasteiger partial charge in [-0.1, -0.05) is 9.24 Å². The van der Waals surface area contributed by atoms with Gasteiger partial charge in [-0.25, -0.2) is 0 Å². The Labute approximate surface area is 102 Å². The van der Waals surface area contributed by atoms with Gasteiger partial charge in [0.1, 0.15) is 0 Å². The second-order valence-electron chi connectivity index (χ2n) is 2.07. The average Bonchev–Trinajstić information content (AvgIpc) is 1.94. The van der Waals surface area contributed by atoms with Gasteiger partial charge in [-0.05, 0) is 18.2 Å². The van der Waals surface area contributed by atoms with E-state index in [1.54, 1.807) is 0 Å². The van der Waals surface area contributed by atoms with Crippen LogP contribution in [0.2, 0.25) is 0 Å². The fourth-order valence-corrected chi connectivity index (χ4v) is 0.856. The third-order valence-electron chi connectivity index (χ3n) is 1.26. The van der Waals surface area contributed by atoms with Crippen LogP contribution in [-0.2, 0) is 0 Å². The number of benzene rings is 1. The number of phenols is 2. The molecule has 0 fully saturated rings. The number of rotatable bonds is 1. The molecule has 0 radical (unpaired) electrons. The fourth-order valence-electron chi connectivity index (χ4n) is 0.677. The molecule has 1 rings (SSSR count). The number of carbonyl (C=O) groups is 1. The molecule has 0 spiro atoms. The lowest BCUT2D eigenvalue weighted by Gasteiger charge is -1.98. The standard InChI is InChI=1S/C7H7O3P.3ClH/c8-5-2-1-4(7(10)11)3-6(5)9;;;/h1-3,8-9H,11H2;3*1H/p-3.